The average Bonchev–Trinajstić information content (AvgIpc) is 2.26. The van der Waals surface area contributed by atoms with E-state index >= 15 is 0 Å². The summed E-state index contributed by atoms with van der Waals surface area (Å²) >= 11 is 5.42. The number of benzene rings is 1. The zero-order valence-corrected chi connectivity index (χ0v) is 9.97. The summed E-state index contributed by atoms with van der Waals surface area (Å²) in [6, 6.07) is 3.51. The highest BCUT2D eigenvalue weighted by atomic mass is 35.5. The number of alkyl halides is 6. The Kier molecular flexibility index (Phi) is 4.33. The second-order valence-electron chi connectivity index (χ2n) is 3.42. The lowest BCUT2D eigenvalue weighted by Gasteiger charge is -2.23. The summed E-state index contributed by atoms with van der Waals surface area (Å²) in [5, 5.41) is -0.238. The monoisotopic (exact) mass is 319 g/mol. The van der Waals surface area contributed by atoms with E-state index in [0.29, 0.717) is 6.07 Å². The summed E-state index contributed by atoms with van der Waals surface area (Å²) in [5.74, 6) is -5.91. The van der Waals surface area contributed by atoms with Crippen molar-refractivity contribution in [3.8, 4) is 0 Å². The molecule has 0 saturated heterocycles. The van der Waals surface area contributed by atoms with Gasteiger partial charge in [-0.1, -0.05) is 17.7 Å². The third-order valence-electron chi connectivity index (χ3n) is 1.96. The van der Waals surface area contributed by atoms with Crippen LogP contribution < -0.4 is 4.90 Å². The molecule has 0 saturated carbocycles. The third kappa shape index (κ3) is 3.62. The fraction of sp³-hybridized carbons (Fsp3) is 0.200. The Morgan fingerprint density at radius 1 is 0.950 bits per heavy atom. The van der Waals surface area contributed by atoms with Crippen molar-refractivity contribution in [2.45, 2.75) is 12.4 Å². The highest BCUT2D eigenvalue weighted by molar-refractivity contribution is 6.31. The van der Waals surface area contributed by atoms with Gasteiger partial charge in [0.1, 0.15) is 0 Å². The van der Waals surface area contributed by atoms with Crippen molar-refractivity contribution in [3.05, 3.63) is 29.3 Å². The minimum atomic E-state index is -5.65. The zero-order chi connectivity index (χ0) is 15.7. The first-order valence-corrected chi connectivity index (χ1v) is 5.10. The van der Waals surface area contributed by atoms with Gasteiger partial charge in [-0.3, -0.25) is 9.59 Å². The topological polar surface area (TPSA) is 37.4 Å². The van der Waals surface area contributed by atoms with E-state index in [9.17, 15) is 35.9 Å². The summed E-state index contributed by atoms with van der Waals surface area (Å²) in [5.41, 5.74) is -0.929. The Morgan fingerprint density at radius 3 is 1.75 bits per heavy atom. The summed E-state index contributed by atoms with van der Waals surface area (Å²) < 4.78 is 73.7. The number of hydrogen-bond acceptors (Lipinski definition) is 2. The fourth-order valence-electron chi connectivity index (χ4n) is 1.20. The molecule has 110 valence electrons. The van der Waals surface area contributed by atoms with Crippen molar-refractivity contribution in [1.29, 1.82) is 0 Å². The molecule has 0 aliphatic heterocycles. The molecule has 0 aliphatic rings. The fourth-order valence-corrected chi connectivity index (χ4v) is 1.38. The number of imide groups is 1. The number of hydrogen-bond donors (Lipinski definition) is 0. The van der Waals surface area contributed by atoms with E-state index in [1.54, 1.807) is 0 Å². The van der Waals surface area contributed by atoms with Crippen LogP contribution in [0.1, 0.15) is 0 Å². The lowest BCUT2D eigenvalue weighted by molar-refractivity contribution is -0.181. The van der Waals surface area contributed by atoms with E-state index in [1.165, 1.54) is 0 Å². The molecule has 0 atom stereocenters. The van der Waals surface area contributed by atoms with Crippen LogP contribution in [0, 0.1) is 0 Å². The van der Waals surface area contributed by atoms with Gasteiger partial charge >= 0.3 is 24.2 Å². The van der Waals surface area contributed by atoms with E-state index in [2.05, 4.69) is 0 Å². The van der Waals surface area contributed by atoms with Crippen LogP contribution in [-0.2, 0) is 9.59 Å². The van der Waals surface area contributed by atoms with Crippen LogP contribution in [-0.4, -0.2) is 24.2 Å². The Bertz CT molecular complexity index is 513. The van der Waals surface area contributed by atoms with Crippen molar-refractivity contribution in [2.24, 2.45) is 0 Å². The first-order valence-electron chi connectivity index (χ1n) is 4.72. The Morgan fingerprint density at radius 2 is 1.40 bits per heavy atom. The molecule has 1 aromatic carbocycles. The van der Waals surface area contributed by atoms with Crippen LogP contribution in [0.25, 0.3) is 0 Å². The average molecular weight is 320 g/mol. The molecule has 1 rings (SSSR count). The molecule has 0 heterocycles. The van der Waals surface area contributed by atoms with Gasteiger partial charge in [-0.15, -0.1) is 0 Å². The minimum Gasteiger partial charge on any atom is -0.263 e. The summed E-state index contributed by atoms with van der Waals surface area (Å²) in [7, 11) is 0. The zero-order valence-electron chi connectivity index (χ0n) is 9.22. The standard InChI is InChI=1S/C10H4ClF6NO2/c11-5-2-1-3-6(4-5)18(7(19)9(12,13)14)8(20)10(15,16)17/h1-4H. The number of nitrogens with zero attached hydrogens (tertiary/aromatic N) is 1. The molecule has 0 aliphatic carbocycles. The number of carbonyl (C=O) groups excluding carboxylic acids is 2. The normalized spacial score (nSPS) is 12.2. The maximum absolute atomic E-state index is 12.3. The van der Waals surface area contributed by atoms with Gasteiger partial charge < -0.3 is 0 Å². The predicted molar refractivity (Wildman–Crippen MR) is 56.1 cm³/mol. The van der Waals surface area contributed by atoms with Crippen LogP contribution in [0.2, 0.25) is 5.02 Å². The molecule has 3 nitrogen and oxygen atoms in total. The number of anilines is 1. The molecule has 0 bridgehead atoms. The van der Waals surface area contributed by atoms with E-state index < -0.39 is 34.8 Å². The van der Waals surface area contributed by atoms with Gasteiger partial charge in [0, 0.05) is 5.02 Å². The molecule has 0 N–H and O–H groups in total. The minimum absolute atomic E-state index is 0.238. The van der Waals surface area contributed by atoms with Crippen LogP contribution in [0.5, 0.6) is 0 Å². The molecule has 0 spiro atoms. The molecular weight excluding hydrogens is 316 g/mol. The molecule has 0 aromatic heterocycles. The molecule has 0 fully saturated rings. The molecule has 2 amide bonds. The van der Waals surface area contributed by atoms with E-state index in [1.807, 2.05) is 0 Å². The van der Waals surface area contributed by atoms with Gasteiger partial charge in [-0.05, 0) is 18.2 Å². The molecular formula is C10H4ClF6NO2. The summed E-state index contributed by atoms with van der Waals surface area (Å²) in [6.45, 7) is 0. The lowest BCUT2D eigenvalue weighted by atomic mass is 10.2. The quantitative estimate of drug-likeness (QED) is 0.745. The predicted octanol–water partition coefficient (Wildman–Crippen LogP) is 3.32. The number of rotatable bonds is 1. The summed E-state index contributed by atoms with van der Waals surface area (Å²) in [4.78, 5) is 21.0. The molecule has 10 heteroatoms. The van der Waals surface area contributed by atoms with Crippen LogP contribution in [0.3, 0.4) is 0 Å². The first-order chi connectivity index (χ1) is 8.94. The molecule has 0 radical (unpaired) electrons. The SMILES string of the molecule is O=C(N(C(=O)C(F)(F)F)c1cccc(Cl)c1)C(F)(F)F. The molecule has 0 unspecified atom stereocenters. The van der Waals surface area contributed by atoms with Crippen molar-refractivity contribution in [1.82, 2.24) is 0 Å². The van der Waals surface area contributed by atoms with Crippen LogP contribution in [0.4, 0.5) is 32.0 Å². The van der Waals surface area contributed by atoms with Gasteiger partial charge in [-0.2, -0.15) is 26.3 Å². The Balaban J connectivity index is 3.36. The Labute approximate surface area is 112 Å². The van der Waals surface area contributed by atoms with Gasteiger partial charge in [0.2, 0.25) is 0 Å². The van der Waals surface area contributed by atoms with E-state index in [4.69, 9.17) is 11.6 Å². The van der Waals surface area contributed by atoms with Crippen molar-refractivity contribution < 1.29 is 35.9 Å². The number of halogens is 7. The van der Waals surface area contributed by atoms with Crippen LogP contribution in [0.15, 0.2) is 24.3 Å². The van der Waals surface area contributed by atoms with Crippen LogP contribution >= 0.6 is 11.6 Å². The maximum atomic E-state index is 12.3. The number of amides is 2. The third-order valence-corrected chi connectivity index (χ3v) is 2.19. The van der Waals surface area contributed by atoms with Crippen molar-refractivity contribution in [2.75, 3.05) is 4.90 Å². The van der Waals surface area contributed by atoms with E-state index in [-0.39, 0.29) is 5.02 Å². The van der Waals surface area contributed by atoms with Crippen molar-refractivity contribution >= 4 is 29.1 Å². The van der Waals surface area contributed by atoms with Crippen molar-refractivity contribution in [3.63, 3.8) is 0 Å². The van der Waals surface area contributed by atoms with Gasteiger partial charge in [0.15, 0.2) is 0 Å². The smallest absolute Gasteiger partial charge is 0.263 e. The second kappa shape index (κ2) is 5.31. The van der Waals surface area contributed by atoms with E-state index in [0.717, 1.165) is 18.2 Å². The summed E-state index contributed by atoms with van der Waals surface area (Å²) in [6.07, 6.45) is -11.3. The van der Waals surface area contributed by atoms with Gasteiger partial charge in [0.05, 0.1) is 5.69 Å². The largest absolute Gasteiger partial charge is 0.472 e. The van der Waals surface area contributed by atoms with Gasteiger partial charge in [-0.25, -0.2) is 4.90 Å². The maximum Gasteiger partial charge on any atom is 0.472 e. The Hall–Kier alpha value is -1.77. The number of carbonyl (C=O) groups is 2. The highest BCUT2D eigenvalue weighted by Crippen LogP contribution is 2.30. The van der Waals surface area contributed by atoms with Gasteiger partial charge in [0.25, 0.3) is 0 Å². The molecule has 1 aromatic rings. The first kappa shape index (κ1) is 16.3. The molecule has 20 heavy (non-hydrogen) atoms. The second-order valence-corrected chi connectivity index (χ2v) is 3.86. The lowest BCUT2D eigenvalue weighted by Crippen LogP contribution is -2.50. The highest BCUT2D eigenvalue weighted by Gasteiger charge is 2.52.